The normalized spacial score (nSPS) is 27.4. The summed E-state index contributed by atoms with van der Waals surface area (Å²) in [4.78, 5) is 14.8. The van der Waals surface area contributed by atoms with Crippen LogP contribution in [0.1, 0.15) is 39.9 Å². The van der Waals surface area contributed by atoms with Crippen molar-refractivity contribution in [1.29, 1.82) is 0 Å². The number of rotatable bonds is 1. The molecule has 0 bridgehead atoms. The van der Waals surface area contributed by atoms with E-state index < -0.39 is 0 Å². The molecule has 1 heterocycles. The van der Waals surface area contributed by atoms with Gasteiger partial charge in [0, 0.05) is 24.7 Å². The van der Waals surface area contributed by atoms with E-state index in [0.29, 0.717) is 11.8 Å². The zero-order chi connectivity index (χ0) is 14.4. The van der Waals surface area contributed by atoms with Gasteiger partial charge in [-0.25, -0.2) is 0 Å². The van der Waals surface area contributed by atoms with E-state index in [1.165, 1.54) is 12.0 Å². The fraction of sp³-hybridized carbons (Fsp3) is 0.588. The van der Waals surface area contributed by atoms with Crippen LogP contribution < -0.4 is 5.73 Å². The second-order valence-corrected chi connectivity index (χ2v) is 6.65. The van der Waals surface area contributed by atoms with Gasteiger partial charge in [-0.1, -0.05) is 17.7 Å². The average Bonchev–Trinajstić information content (AvgIpc) is 2.90. The summed E-state index contributed by atoms with van der Waals surface area (Å²) >= 11 is 0. The van der Waals surface area contributed by atoms with Crippen LogP contribution >= 0.6 is 12.4 Å². The predicted octanol–water partition coefficient (Wildman–Crippen LogP) is 2.84. The number of fused-ring (bicyclic) bond motifs is 1. The van der Waals surface area contributed by atoms with E-state index in [4.69, 9.17) is 5.73 Å². The Labute approximate surface area is 133 Å². The van der Waals surface area contributed by atoms with Gasteiger partial charge in [0.05, 0.1) is 0 Å². The number of aryl methyl sites for hydroxylation is 3. The Bertz CT molecular complexity index is 535. The van der Waals surface area contributed by atoms with Gasteiger partial charge in [-0.15, -0.1) is 12.4 Å². The number of hydrogen-bond acceptors (Lipinski definition) is 2. The second-order valence-electron chi connectivity index (χ2n) is 6.65. The first-order valence-corrected chi connectivity index (χ1v) is 7.60. The maximum absolute atomic E-state index is 12.8. The van der Waals surface area contributed by atoms with E-state index in [0.717, 1.165) is 36.2 Å². The zero-order valence-corrected chi connectivity index (χ0v) is 13.9. The fourth-order valence-corrected chi connectivity index (χ4v) is 4.15. The summed E-state index contributed by atoms with van der Waals surface area (Å²) in [7, 11) is 0. The molecule has 1 amide bonds. The van der Waals surface area contributed by atoms with Crippen molar-refractivity contribution in [2.45, 2.75) is 39.7 Å². The molecule has 1 aromatic carbocycles. The van der Waals surface area contributed by atoms with Crippen LogP contribution in [0.15, 0.2) is 12.1 Å². The summed E-state index contributed by atoms with van der Waals surface area (Å²) in [6, 6.07) is 4.49. The maximum atomic E-state index is 12.8. The molecule has 3 atom stereocenters. The molecule has 1 aliphatic heterocycles. The van der Waals surface area contributed by atoms with Crippen LogP contribution in [0.2, 0.25) is 0 Å². The van der Waals surface area contributed by atoms with Gasteiger partial charge in [-0.3, -0.25) is 4.79 Å². The second kappa shape index (κ2) is 5.98. The lowest BCUT2D eigenvalue weighted by molar-refractivity contribution is 0.0778. The summed E-state index contributed by atoms with van der Waals surface area (Å²) in [6.07, 6.45) is 2.31. The Morgan fingerprint density at radius 2 is 1.76 bits per heavy atom. The predicted molar refractivity (Wildman–Crippen MR) is 88.0 cm³/mol. The molecule has 21 heavy (non-hydrogen) atoms. The number of likely N-dealkylation sites (tertiary alicyclic amines) is 1. The van der Waals surface area contributed by atoms with Crippen molar-refractivity contribution >= 4 is 18.3 Å². The summed E-state index contributed by atoms with van der Waals surface area (Å²) in [5.41, 5.74) is 10.5. The van der Waals surface area contributed by atoms with Crippen molar-refractivity contribution in [2.75, 3.05) is 13.1 Å². The lowest BCUT2D eigenvalue weighted by Gasteiger charge is -2.21. The highest BCUT2D eigenvalue weighted by molar-refractivity contribution is 5.97. The number of amides is 1. The van der Waals surface area contributed by atoms with Crippen molar-refractivity contribution in [1.82, 2.24) is 4.90 Å². The first-order chi connectivity index (χ1) is 9.47. The highest BCUT2D eigenvalue weighted by atomic mass is 35.5. The van der Waals surface area contributed by atoms with Gasteiger partial charge in [0.25, 0.3) is 5.91 Å². The molecule has 116 valence electrons. The van der Waals surface area contributed by atoms with E-state index in [9.17, 15) is 4.79 Å². The number of carbonyl (C=O) groups excluding carboxylic acids is 1. The third-order valence-electron chi connectivity index (χ3n) is 5.09. The van der Waals surface area contributed by atoms with Crippen molar-refractivity contribution in [2.24, 2.45) is 17.6 Å². The van der Waals surface area contributed by atoms with Crippen LogP contribution in [0, 0.1) is 32.6 Å². The van der Waals surface area contributed by atoms with Crippen LogP contribution in [0.25, 0.3) is 0 Å². The molecule has 0 radical (unpaired) electrons. The van der Waals surface area contributed by atoms with Gasteiger partial charge in [-0.05, 0) is 56.6 Å². The molecule has 1 aromatic rings. The molecule has 2 fully saturated rings. The fourth-order valence-electron chi connectivity index (χ4n) is 4.15. The molecule has 3 nitrogen and oxygen atoms in total. The number of hydrogen-bond donors (Lipinski definition) is 1. The number of nitrogens with two attached hydrogens (primary N) is 1. The number of halogens is 1. The zero-order valence-electron chi connectivity index (χ0n) is 13.1. The van der Waals surface area contributed by atoms with Gasteiger partial charge < -0.3 is 10.6 Å². The molecule has 2 N–H and O–H groups in total. The van der Waals surface area contributed by atoms with Crippen LogP contribution in [-0.4, -0.2) is 29.9 Å². The summed E-state index contributed by atoms with van der Waals surface area (Å²) in [5, 5.41) is 0. The molecule has 1 aliphatic carbocycles. The first kappa shape index (κ1) is 16.3. The summed E-state index contributed by atoms with van der Waals surface area (Å²) in [6.45, 7) is 7.89. The Kier molecular flexibility index (Phi) is 4.64. The molecular weight excluding hydrogens is 284 g/mol. The Hall–Kier alpha value is -1.06. The minimum Gasteiger partial charge on any atom is -0.338 e. The van der Waals surface area contributed by atoms with E-state index in [2.05, 4.69) is 19.1 Å². The first-order valence-electron chi connectivity index (χ1n) is 7.60. The van der Waals surface area contributed by atoms with Crippen LogP contribution in [0.4, 0.5) is 0 Å². The van der Waals surface area contributed by atoms with Crippen LogP contribution in [0.3, 0.4) is 0 Å². The summed E-state index contributed by atoms with van der Waals surface area (Å²) < 4.78 is 0. The standard InChI is InChI=1S/C17H24N2O.ClH/c1-10-6-11(2)16(12(3)7-10)17(20)19-8-13-4-5-15(18)14(13)9-19;/h6-7,13-15H,4-5,8-9,18H2,1-3H3;1H. The van der Waals surface area contributed by atoms with E-state index in [1.54, 1.807) is 0 Å². The largest absolute Gasteiger partial charge is 0.338 e. The van der Waals surface area contributed by atoms with Crippen LogP contribution in [0.5, 0.6) is 0 Å². The lowest BCUT2D eigenvalue weighted by Crippen LogP contribution is -2.34. The molecule has 2 aliphatic rings. The van der Waals surface area contributed by atoms with Crippen LogP contribution in [-0.2, 0) is 0 Å². The average molecular weight is 309 g/mol. The molecule has 0 aromatic heterocycles. The van der Waals surface area contributed by atoms with Gasteiger partial charge in [0.1, 0.15) is 0 Å². The molecule has 0 spiro atoms. The number of carbonyl (C=O) groups is 1. The van der Waals surface area contributed by atoms with E-state index >= 15 is 0 Å². The molecule has 1 saturated heterocycles. The summed E-state index contributed by atoms with van der Waals surface area (Å²) in [5.74, 6) is 1.34. The minimum atomic E-state index is 0. The maximum Gasteiger partial charge on any atom is 0.254 e. The van der Waals surface area contributed by atoms with Gasteiger partial charge in [0.15, 0.2) is 0 Å². The lowest BCUT2D eigenvalue weighted by atomic mass is 9.98. The van der Waals surface area contributed by atoms with E-state index in [1.807, 2.05) is 18.7 Å². The molecule has 3 unspecified atom stereocenters. The third kappa shape index (κ3) is 2.82. The van der Waals surface area contributed by atoms with Crippen molar-refractivity contribution in [3.63, 3.8) is 0 Å². The van der Waals surface area contributed by atoms with E-state index in [-0.39, 0.29) is 24.4 Å². The monoisotopic (exact) mass is 308 g/mol. The molecule has 1 saturated carbocycles. The Morgan fingerprint density at radius 3 is 2.33 bits per heavy atom. The number of nitrogens with zero attached hydrogens (tertiary/aromatic N) is 1. The van der Waals surface area contributed by atoms with Gasteiger partial charge in [0.2, 0.25) is 0 Å². The third-order valence-corrected chi connectivity index (χ3v) is 5.09. The highest BCUT2D eigenvalue weighted by Crippen LogP contribution is 2.38. The topological polar surface area (TPSA) is 46.3 Å². The smallest absolute Gasteiger partial charge is 0.254 e. The Morgan fingerprint density at radius 1 is 1.14 bits per heavy atom. The molecular formula is C17H25ClN2O. The number of benzene rings is 1. The van der Waals surface area contributed by atoms with Gasteiger partial charge in [-0.2, -0.15) is 0 Å². The minimum absolute atomic E-state index is 0. The van der Waals surface area contributed by atoms with Crippen molar-refractivity contribution < 1.29 is 4.79 Å². The van der Waals surface area contributed by atoms with Crippen molar-refractivity contribution in [3.8, 4) is 0 Å². The van der Waals surface area contributed by atoms with Crippen molar-refractivity contribution in [3.05, 3.63) is 34.4 Å². The molecule has 3 rings (SSSR count). The highest BCUT2D eigenvalue weighted by Gasteiger charge is 2.42. The van der Waals surface area contributed by atoms with Gasteiger partial charge >= 0.3 is 0 Å². The SMILES string of the molecule is Cc1cc(C)c(C(=O)N2CC3CCC(N)C3C2)c(C)c1.Cl. The quantitative estimate of drug-likeness (QED) is 0.867. The Balaban J connectivity index is 0.00000161. The molecule has 4 heteroatoms.